The Kier molecular flexibility index (Phi) is 3.52. The van der Waals surface area contributed by atoms with E-state index in [-0.39, 0.29) is 5.91 Å². The van der Waals surface area contributed by atoms with Gasteiger partial charge in [-0.25, -0.2) is 0 Å². The molecule has 1 atom stereocenters. The molecule has 0 spiro atoms. The van der Waals surface area contributed by atoms with E-state index in [4.69, 9.17) is 0 Å². The van der Waals surface area contributed by atoms with Gasteiger partial charge < -0.3 is 4.90 Å². The lowest BCUT2D eigenvalue weighted by Gasteiger charge is -2.31. The van der Waals surface area contributed by atoms with Crippen LogP contribution in [-0.2, 0) is 4.79 Å². The number of hydrogen-bond donors (Lipinski definition) is 0. The first-order valence-electron chi connectivity index (χ1n) is 5.07. The molecule has 0 radical (unpaired) electrons. The molecule has 0 bridgehead atoms. The van der Waals surface area contributed by atoms with Gasteiger partial charge in [-0.05, 0) is 32.6 Å². The van der Waals surface area contributed by atoms with E-state index in [1.165, 1.54) is 6.42 Å². The van der Waals surface area contributed by atoms with E-state index < -0.39 is 0 Å². The first kappa shape index (κ1) is 10.3. The molecule has 0 N–H and O–H groups in total. The van der Waals surface area contributed by atoms with E-state index in [0.717, 1.165) is 25.1 Å². The van der Waals surface area contributed by atoms with E-state index in [0.29, 0.717) is 5.92 Å². The Bertz CT molecular complexity index is 220. The highest BCUT2D eigenvalue weighted by Gasteiger charge is 2.20. The van der Waals surface area contributed by atoms with Crippen LogP contribution in [0.5, 0.6) is 0 Å². The maximum atomic E-state index is 11.7. The van der Waals surface area contributed by atoms with Gasteiger partial charge in [0.15, 0.2) is 0 Å². The van der Waals surface area contributed by atoms with E-state index >= 15 is 0 Å². The molecule has 1 unspecified atom stereocenters. The summed E-state index contributed by atoms with van der Waals surface area (Å²) in [7, 11) is 0. The molecule has 1 aliphatic rings. The molecule has 0 aromatic carbocycles. The van der Waals surface area contributed by atoms with Gasteiger partial charge in [-0.2, -0.15) is 0 Å². The number of carbonyl (C=O) groups is 1. The average Bonchev–Trinajstić information content (AvgIpc) is 2.15. The SMILES string of the molecule is C/C=C(/C)C(=O)N1CCCC(C)C1. The summed E-state index contributed by atoms with van der Waals surface area (Å²) in [6.45, 7) is 7.89. The average molecular weight is 181 g/mol. The van der Waals surface area contributed by atoms with Crippen molar-refractivity contribution in [1.82, 2.24) is 4.90 Å². The number of piperidine rings is 1. The van der Waals surface area contributed by atoms with E-state index in [9.17, 15) is 4.79 Å². The highest BCUT2D eigenvalue weighted by Crippen LogP contribution is 2.17. The Hall–Kier alpha value is -0.790. The fourth-order valence-electron chi connectivity index (χ4n) is 1.75. The van der Waals surface area contributed by atoms with Crippen molar-refractivity contribution in [3.63, 3.8) is 0 Å². The molecule has 1 heterocycles. The van der Waals surface area contributed by atoms with Crippen molar-refractivity contribution in [2.45, 2.75) is 33.6 Å². The number of nitrogens with zero attached hydrogens (tertiary/aromatic N) is 1. The third-order valence-electron chi connectivity index (χ3n) is 2.71. The standard InChI is InChI=1S/C11H19NO/c1-4-10(3)11(13)12-7-5-6-9(2)8-12/h4,9H,5-8H2,1-3H3/b10-4-. The van der Waals surface area contributed by atoms with Gasteiger partial charge in [0.05, 0.1) is 0 Å². The molecule has 0 aromatic rings. The van der Waals surface area contributed by atoms with Crippen molar-refractivity contribution in [3.8, 4) is 0 Å². The van der Waals surface area contributed by atoms with Crippen LogP contribution in [0.2, 0.25) is 0 Å². The lowest BCUT2D eigenvalue weighted by Crippen LogP contribution is -2.39. The molecule has 74 valence electrons. The largest absolute Gasteiger partial charge is 0.339 e. The Labute approximate surface area is 80.6 Å². The van der Waals surface area contributed by atoms with Crippen molar-refractivity contribution < 1.29 is 4.79 Å². The predicted molar refractivity (Wildman–Crippen MR) is 54.4 cm³/mol. The second kappa shape index (κ2) is 4.45. The van der Waals surface area contributed by atoms with Gasteiger partial charge in [-0.1, -0.05) is 13.0 Å². The first-order chi connectivity index (χ1) is 6.15. The number of allylic oxidation sites excluding steroid dienone is 1. The molecule has 1 amide bonds. The maximum Gasteiger partial charge on any atom is 0.249 e. The molecule has 1 fully saturated rings. The molecular formula is C11H19NO. The molecule has 13 heavy (non-hydrogen) atoms. The van der Waals surface area contributed by atoms with Crippen molar-refractivity contribution >= 4 is 5.91 Å². The minimum atomic E-state index is 0.217. The van der Waals surface area contributed by atoms with Gasteiger partial charge in [0, 0.05) is 18.7 Å². The number of hydrogen-bond acceptors (Lipinski definition) is 1. The quantitative estimate of drug-likeness (QED) is 0.568. The Morgan fingerprint density at radius 1 is 1.54 bits per heavy atom. The van der Waals surface area contributed by atoms with Crippen LogP contribution in [-0.4, -0.2) is 23.9 Å². The van der Waals surface area contributed by atoms with Crippen molar-refractivity contribution in [3.05, 3.63) is 11.6 Å². The van der Waals surface area contributed by atoms with E-state index in [1.807, 2.05) is 24.8 Å². The van der Waals surface area contributed by atoms with Crippen LogP contribution in [0.1, 0.15) is 33.6 Å². The highest BCUT2D eigenvalue weighted by atomic mass is 16.2. The van der Waals surface area contributed by atoms with Crippen LogP contribution in [0.25, 0.3) is 0 Å². The number of carbonyl (C=O) groups excluding carboxylic acids is 1. The summed E-state index contributed by atoms with van der Waals surface area (Å²) in [5.74, 6) is 0.886. The zero-order valence-electron chi connectivity index (χ0n) is 8.84. The zero-order valence-corrected chi connectivity index (χ0v) is 8.84. The van der Waals surface area contributed by atoms with E-state index in [1.54, 1.807) is 0 Å². The lowest BCUT2D eigenvalue weighted by atomic mass is 10.00. The molecule has 1 rings (SSSR count). The normalized spacial score (nSPS) is 24.7. The van der Waals surface area contributed by atoms with Gasteiger partial charge >= 0.3 is 0 Å². The van der Waals surface area contributed by atoms with Crippen LogP contribution in [0.15, 0.2) is 11.6 Å². The Morgan fingerprint density at radius 3 is 2.77 bits per heavy atom. The van der Waals surface area contributed by atoms with Gasteiger partial charge in [-0.15, -0.1) is 0 Å². The topological polar surface area (TPSA) is 20.3 Å². The summed E-state index contributed by atoms with van der Waals surface area (Å²) in [6.07, 6.45) is 4.31. The van der Waals surface area contributed by atoms with Crippen LogP contribution >= 0.6 is 0 Å². The van der Waals surface area contributed by atoms with Gasteiger partial charge in [0.1, 0.15) is 0 Å². The first-order valence-corrected chi connectivity index (χ1v) is 5.07. The molecule has 0 aliphatic carbocycles. The van der Waals surface area contributed by atoms with E-state index in [2.05, 4.69) is 6.92 Å². The third-order valence-corrected chi connectivity index (χ3v) is 2.71. The maximum absolute atomic E-state index is 11.7. The van der Waals surface area contributed by atoms with Gasteiger partial charge in [0.25, 0.3) is 0 Å². The van der Waals surface area contributed by atoms with Crippen molar-refractivity contribution in [2.75, 3.05) is 13.1 Å². The van der Waals surface area contributed by atoms with Crippen LogP contribution in [0.4, 0.5) is 0 Å². The molecule has 2 nitrogen and oxygen atoms in total. The number of rotatable bonds is 1. The highest BCUT2D eigenvalue weighted by molar-refractivity contribution is 5.92. The van der Waals surface area contributed by atoms with Crippen LogP contribution in [0, 0.1) is 5.92 Å². The fraction of sp³-hybridized carbons (Fsp3) is 0.727. The fourth-order valence-corrected chi connectivity index (χ4v) is 1.75. The Morgan fingerprint density at radius 2 is 2.23 bits per heavy atom. The predicted octanol–water partition coefficient (Wildman–Crippen LogP) is 2.21. The molecule has 1 aliphatic heterocycles. The smallest absolute Gasteiger partial charge is 0.249 e. The molecule has 0 saturated carbocycles. The molecule has 1 saturated heterocycles. The lowest BCUT2D eigenvalue weighted by molar-refractivity contribution is -0.128. The monoisotopic (exact) mass is 181 g/mol. The minimum Gasteiger partial charge on any atom is -0.339 e. The molecule has 2 heteroatoms. The second-order valence-corrected chi connectivity index (χ2v) is 3.97. The number of likely N-dealkylation sites (tertiary alicyclic amines) is 1. The summed E-state index contributed by atoms with van der Waals surface area (Å²) < 4.78 is 0. The summed E-state index contributed by atoms with van der Waals surface area (Å²) in [5, 5.41) is 0. The number of amides is 1. The summed E-state index contributed by atoms with van der Waals surface area (Å²) in [4.78, 5) is 13.7. The van der Waals surface area contributed by atoms with Crippen LogP contribution < -0.4 is 0 Å². The van der Waals surface area contributed by atoms with Crippen LogP contribution in [0.3, 0.4) is 0 Å². The van der Waals surface area contributed by atoms with Gasteiger partial charge in [0.2, 0.25) is 5.91 Å². The third kappa shape index (κ3) is 2.58. The minimum absolute atomic E-state index is 0.217. The van der Waals surface area contributed by atoms with Crippen molar-refractivity contribution in [2.24, 2.45) is 5.92 Å². The van der Waals surface area contributed by atoms with Gasteiger partial charge in [-0.3, -0.25) is 4.79 Å². The summed E-state index contributed by atoms with van der Waals surface area (Å²) in [5.41, 5.74) is 0.870. The summed E-state index contributed by atoms with van der Waals surface area (Å²) >= 11 is 0. The molecule has 0 aromatic heterocycles. The summed E-state index contributed by atoms with van der Waals surface area (Å²) in [6, 6.07) is 0. The molecular weight excluding hydrogens is 162 g/mol. The van der Waals surface area contributed by atoms with Crippen molar-refractivity contribution in [1.29, 1.82) is 0 Å². The second-order valence-electron chi connectivity index (χ2n) is 3.97. The Balaban J connectivity index is 2.56. The zero-order chi connectivity index (χ0) is 9.84.